The first-order valence-electron chi connectivity index (χ1n) is 8.12. The summed E-state index contributed by atoms with van der Waals surface area (Å²) in [6, 6.07) is 3.30. The molecule has 1 amide bonds. The van der Waals surface area contributed by atoms with Crippen LogP contribution in [-0.4, -0.2) is 32.0 Å². The number of amides is 1. The number of carbonyl (C=O) groups is 2. The van der Waals surface area contributed by atoms with Gasteiger partial charge in [0.1, 0.15) is 0 Å². The molecule has 0 fully saturated rings. The van der Waals surface area contributed by atoms with Gasteiger partial charge in [-0.3, -0.25) is 9.59 Å². The van der Waals surface area contributed by atoms with Gasteiger partial charge in [-0.25, -0.2) is 0 Å². The monoisotopic (exact) mass is 399 g/mol. The molecular formula is C18H26BrNO4. The average Bonchev–Trinajstić information content (AvgIpc) is 2.52. The van der Waals surface area contributed by atoms with Crippen LogP contribution in [0.4, 0.5) is 0 Å². The fourth-order valence-corrected chi connectivity index (χ4v) is 2.69. The van der Waals surface area contributed by atoms with Gasteiger partial charge in [0.25, 0.3) is 5.91 Å². The van der Waals surface area contributed by atoms with Crippen molar-refractivity contribution < 1.29 is 19.1 Å². The number of methoxy groups -OCH3 is 1. The molecule has 0 heterocycles. The molecule has 24 heavy (non-hydrogen) atoms. The van der Waals surface area contributed by atoms with E-state index in [0.29, 0.717) is 33.7 Å². The Morgan fingerprint density at radius 2 is 1.96 bits per heavy atom. The van der Waals surface area contributed by atoms with Crippen LogP contribution in [0.25, 0.3) is 0 Å². The predicted molar refractivity (Wildman–Crippen MR) is 97.9 cm³/mol. The maximum atomic E-state index is 12.0. The lowest BCUT2D eigenvalue weighted by atomic mass is 10.0. The molecule has 1 N–H and O–H groups in total. The van der Waals surface area contributed by atoms with E-state index in [-0.39, 0.29) is 18.6 Å². The minimum absolute atomic E-state index is 0.109. The summed E-state index contributed by atoms with van der Waals surface area (Å²) in [5.41, 5.74) is 0.438. The Morgan fingerprint density at radius 1 is 1.25 bits per heavy atom. The van der Waals surface area contributed by atoms with Crippen molar-refractivity contribution in [2.75, 3.05) is 13.7 Å². The molecule has 6 heteroatoms. The number of carbonyl (C=O) groups excluding carboxylic acids is 2. The fourth-order valence-electron chi connectivity index (χ4n) is 2.28. The molecule has 1 atom stereocenters. The summed E-state index contributed by atoms with van der Waals surface area (Å²) < 4.78 is 11.3. The SMILES string of the molecule is COc1cc(Br)c(C=O)cc1OCC(=O)N[C@@H](C)CCCC(C)C. The first-order chi connectivity index (χ1) is 11.4. The standard InChI is InChI=1S/C18H26BrNO4/c1-12(2)6-5-7-13(3)20-18(22)11-24-17-8-14(10-21)15(19)9-16(17)23-4/h8-10,12-13H,5-7,11H2,1-4H3,(H,20,22)/t13-/m0/s1. The quantitative estimate of drug-likeness (QED) is 0.604. The lowest BCUT2D eigenvalue weighted by molar-refractivity contribution is -0.123. The Bertz CT molecular complexity index is 560. The van der Waals surface area contributed by atoms with E-state index in [1.54, 1.807) is 12.1 Å². The van der Waals surface area contributed by atoms with E-state index >= 15 is 0 Å². The first-order valence-corrected chi connectivity index (χ1v) is 8.91. The van der Waals surface area contributed by atoms with Gasteiger partial charge in [-0.15, -0.1) is 0 Å². The summed E-state index contributed by atoms with van der Waals surface area (Å²) in [5, 5.41) is 2.92. The van der Waals surface area contributed by atoms with Gasteiger partial charge in [0.15, 0.2) is 24.4 Å². The van der Waals surface area contributed by atoms with E-state index in [1.807, 2.05) is 6.92 Å². The Morgan fingerprint density at radius 3 is 2.54 bits per heavy atom. The van der Waals surface area contributed by atoms with Crippen molar-refractivity contribution >= 4 is 28.1 Å². The number of halogens is 1. The predicted octanol–water partition coefficient (Wildman–Crippen LogP) is 3.98. The molecule has 0 aliphatic rings. The number of rotatable bonds is 10. The van der Waals surface area contributed by atoms with Crippen LogP contribution in [0, 0.1) is 5.92 Å². The van der Waals surface area contributed by atoms with Gasteiger partial charge in [0.2, 0.25) is 0 Å². The van der Waals surface area contributed by atoms with E-state index in [0.717, 1.165) is 19.3 Å². The number of hydrogen-bond donors (Lipinski definition) is 1. The molecule has 134 valence electrons. The molecule has 0 aliphatic heterocycles. The molecule has 1 rings (SSSR count). The lowest BCUT2D eigenvalue weighted by Crippen LogP contribution is -2.36. The van der Waals surface area contributed by atoms with Crippen molar-refractivity contribution in [3.8, 4) is 11.5 Å². The van der Waals surface area contributed by atoms with Crippen LogP contribution in [-0.2, 0) is 4.79 Å². The number of hydrogen-bond acceptors (Lipinski definition) is 4. The summed E-state index contributed by atoms with van der Waals surface area (Å²) in [5.74, 6) is 1.31. The van der Waals surface area contributed by atoms with Crippen molar-refractivity contribution in [2.24, 2.45) is 5.92 Å². The van der Waals surface area contributed by atoms with Gasteiger partial charge in [-0.2, -0.15) is 0 Å². The molecule has 5 nitrogen and oxygen atoms in total. The average molecular weight is 400 g/mol. The van der Waals surface area contributed by atoms with Crippen molar-refractivity contribution in [3.05, 3.63) is 22.2 Å². The number of nitrogens with one attached hydrogen (secondary N) is 1. The summed E-state index contributed by atoms with van der Waals surface area (Å²) in [6.45, 7) is 6.25. The van der Waals surface area contributed by atoms with Crippen LogP contribution in [0.2, 0.25) is 0 Å². The molecule has 0 unspecified atom stereocenters. The maximum absolute atomic E-state index is 12.0. The maximum Gasteiger partial charge on any atom is 0.258 e. The molecule has 0 saturated heterocycles. The van der Waals surface area contributed by atoms with Crippen molar-refractivity contribution in [1.82, 2.24) is 5.32 Å². The fraction of sp³-hybridized carbons (Fsp3) is 0.556. The third-order valence-electron chi connectivity index (χ3n) is 3.59. The second-order valence-corrected chi connectivity index (χ2v) is 7.08. The van der Waals surface area contributed by atoms with Gasteiger partial charge in [-0.05, 0) is 47.3 Å². The largest absolute Gasteiger partial charge is 0.493 e. The van der Waals surface area contributed by atoms with Crippen LogP contribution in [0.3, 0.4) is 0 Å². The molecule has 1 aromatic rings. The Labute approximate surface area is 152 Å². The van der Waals surface area contributed by atoms with Crippen molar-refractivity contribution in [1.29, 1.82) is 0 Å². The topological polar surface area (TPSA) is 64.6 Å². The zero-order valence-electron chi connectivity index (χ0n) is 14.7. The highest BCUT2D eigenvalue weighted by Gasteiger charge is 2.13. The molecule has 0 bridgehead atoms. The second kappa shape index (κ2) is 10.3. The van der Waals surface area contributed by atoms with Gasteiger partial charge in [0.05, 0.1) is 7.11 Å². The molecule has 0 aromatic heterocycles. The Balaban J connectivity index is 2.53. The molecule has 0 spiro atoms. The van der Waals surface area contributed by atoms with Gasteiger partial charge in [0, 0.05) is 16.1 Å². The van der Waals surface area contributed by atoms with E-state index in [2.05, 4.69) is 35.1 Å². The normalized spacial score (nSPS) is 11.9. The smallest absolute Gasteiger partial charge is 0.258 e. The third-order valence-corrected chi connectivity index (χ3v) is 4.28. The molecule has 0 saturated carbocycles. The summed E-state index contributed by atoms with van der Waals surface area (Å²) in [4.78, 5) is 23.0. The number of ether oxygens (including phenoxy) is 2. The van der Waals surface area contributed by atoms with Crippen LogP contribution in [0.1, 0.15) is 50.4 Å². The van der Waals surface area contributed by atoms with Crippen LogP contribution < -0.4 is 14.8 Å². The minimum Gasteiger partial charge on any atom is -0.493 e. The second-order valence-electron chi connectivity index (χ2n) is 6.22. The zero-order valence-corrected chi connectivity index (χ0v) is 16.3. The number of benzene rings is 1. The third kappa shape index (κ3) is 6.91. The minimum atomic E-state index is -0.190. The lowest BCUT2D eigenvalue weighted by Gasteiger charge is -2.16. The van der Waals surface area contributed by atoms with Crippen LogP contribution in [0.15, 0.2) is 16.6 Å². The molecule has 0 radical (unpaired) electrons. The Hall–Kier alpha value is -1.56. The van der Waals surface area contributed by atoms with Crippen molar-refractivity contribution in [2.45, 2.75) is 46.1 Å². The van der Waals surface area contributed by atoms with Crippen LogP contribution in [0.5, 0.6) is 11.5 Å². The molecular weight excluding hydrogens is 374 g/mol. The summed E-state index contributed by atoms with van der Waals surface area (Å²) in [6.07, 6.45) is 3.90. The van der Waals surface area contributed by atoms with Crippen molar-refractivity contribution in [3.63, 3.8) is 0 Å². The molecule has 0 aliphatic carbocycles. The Kier molecular flexibility index (Phi) is 8.82. The highest BCUT2D eigenvalue weighted by molar-refractivity contribution is 9.10. The molecule has 1 aromatic carbocycles. The van der Waals surface area contributed by atoms with E-state index < -0.39 is 0 Å². The number of aldehydes is 1. The zero-order chi connectivity index (χ0) is 18.1. The highest BCUT2D eigenvalue weighted by Crippen LogP contribution is 2.32. The van der Waals surface area contributed by atoms with Gasteiger partial charge in [-0.1, -0.05) is 26.7 Å². The van der Waals surface area contributed by atoms with E-state index in [4.69, 9.17) is 9.47 Å². The summed E-state index contributed by atoms with van der Waals surface area (Å²) in [7, 11) is 1.51. The van der Waals surface area contributed by atoms with Gasteiger partial charge < -0.3 is 14.8 Å². The van der Waals surface area contributed by atoms with Crippen LogP contribution >= 0.6 is 15.9 Å². The van der Waals surface area contributed by atoms with Gasteiger partial charge >= 0.3 is 0 Å². The summed E-state index contributed by atoms with van der Waals surface area (Å²) >= 11 is 3.28. The van der Waals surface area contributed by atoms with E-state index in [1.165, 1.54) is 7.11 Å². The first kappa shape index (κ1) is 20.5. The highest BCUT2D eigenvalue weighted by atomic mass is 79.9. The van der Waals surface area contributed by atoms with E-state index in [9.17, 15) is 9.59 Å².